The van der Waals surface area contributed by atoms with Gasteiger partial charge in [0.2, 0.25) is 0 Å². The molecule has 0 bridgehead atoms. The molecule has 1 saturated heterocycles. The Balaban J connectivity index is 2.20. The van der Waals surface area contributed by atoms with Gasteiger partial charge in [0.05, 0.1) is 16.8 Å². The second-order valence-corrected chi connectivity index (χ2v) is 7.61. The van der Waals surface area contributed by atoms with Gasteiger partial charge in [-0.15, -0.1) is 0 Å². The highest BCUT2D eigenvalue weighted by Gasteiger charge is 2.59. The quantitative estimate of drug-likeness (QED) is 0.809. The third kappa shape index (κ3) is 2.34. The van der Waals surface area contributed by atoms with Gasteiger partial charge < -0.3 is 9.84 Å². The van der Waals surface area contributed by atoms with Crippen LogP contribution in [0.3, 0.4) is 0 Å². The molecule has 0 amide bonds. The zero-order chi connectivity index (χ0) is 13.6. The van der Waals surface area contributed by atoms with E-state index in [1.807, 2.05) is 0 Å². The van der Waals surface area contributed by atoms with Crippen LogP contribution >= 0.6 is 0 Å². The lowest BCUT2D eigenvalue weighted by Crippen LogP contribution is -2.53. The fourth-order valence-electron chi connectivity index (χ4n) is 4.41. The molecule has 106 valence electrons. The molecule has 0 aromatic heterocycles. The number of aliphatic hydroxyl groups is 1. The van der Waals surface area contributed by atoms with Crippen molar-refractivity contribution in [3.63, 3.8) is 0 Å². The molecule has 2 fully saturated rings. The zero-order valence-corrected chi connectivity index (χ0v) is 12.8. The molecular weight excluding hydrogens is 224 g/mol. The van der Waals surface area contributed by atoms with Gasteiger partial charge in [-0.1, -0.05) is 26.2 Å². The van der Waals surface area contributed by atoms with E-state index in [2.05, 4.69) is 34.6 Å². The predicted molar refractivity (Wildman–Crippen MR) is 74.5 cm³/mol. The standard InChI is InChI=1S/C16H30O2/c1-6-12-8-7-9-13(10-12)16(17)11-14(2,3)18-15(16,4)5/h12-13,17H,6-11H2,1-5H3. The molecule has 3 atom stereocenters. The Kier molecular flexibility index (Phi) is 3.57. The minimum absolute atomic E-state index is 0.197. The highest BCUT2D eigenvalue weighted by Crippen LogP contribution is 2.52. The van der Waals surface area contributed by atoms with Crippen LogP contribution in [0.25, 0.3) is 0 Å². The van der Waals surface area contributed by atoms with E-state index >= 15 is 0 Å². The van der Waals surface area contributed by atoms with Crippen LogP contribution in [0.1, 0.15) is 73.1 Å². The molecule has 2 aliphatic rings. The summed E-state index contributed by atoms with van der Waals surface area (Å²) >= 11 is 0. The summed E-state index contributed by atoms with van der Waals surface area (Å²) in [6.45, 7) is 10.6. The normalized spacial score (nSPS) is 43.0. The van der Waals surface area contributed by atoms with Gasteiger partial charge >= 0.3 is 0 Å². The summed E-state index contributed by atoms with van der Waals surface area (Å²) in [4.78, 5) is 0. The van der Waals surface area contributed by atoms with Crippen molar-refractivity contribution in [2.75, 3.05) is 0 Å². The van der Waals surface area contributed by atoms with Gasteiger partial charge in [-0.3, -0.25) is 0 Å². The van der Waals surface area contributed by atoms with Crippen LogP contribution in [-0.4, -0.2) is 21.9 Å². The van der Waals surface area contributed by atoms with E-state index in [4.69, 9.17) is 4.74 Å². The summed E-state index contributed by atoms with van der Waals surface area (Å²) in [5.41, 5.74) is -1.27. The molecule has 2 rings (SSSR count). The van der Waals surface area contributed by atoms with Crippen LogP contribution < -0.4 is 0 Å². The largest absolute Gasteiger partial charge is 0.386 e. The summed E-state index contributed by atoms with van der Waals surface area (Å²) < 4.78 is 6.12. The Bertz CT molecular complexity index is 308. The first kappa shape index (κ1) is 14.3. The maximum atomic E-state index is 11.3. The number of ether oxygens (including phenoxy) is 1. The highest BCUT2D eigenvalue weighted by atomic mass is 16.5. The molecule has 1 saturated carbocycles. The van der Waals surface area contributed by atoms with Crippen LogP contribution in [0.2, 0.25) is 0 Å². The first-order valence-electron chi connectivity index (χ1n) is 7.63. The van der Waals surface area contributed by atoms with E-state index in [1.54, 1.807) is 0 Å². The maximum Gasteiger partial charge on any atom is 0.0986 e. The van der Waals surface area contributed by atoms with Gasteiger partial charge in [-0.2, -0.15) is 0 Å². The molecule has 3 unspecified atom stereocenters. The van der Waals surface area contributed by atoms with Crippen molar-refractivity contribution in [2.45, 2.75) is 89.9 Å². The van der Waals surface area contributed by atoms with E-state index in [-0.39, 0.29) is 5.60 Å². The Morgan fingerprint density at radius 3 is 2.33 bits per heavy atom. The van der Waals surface area contributed by atoms with Gasteiger partial charge in [-0.05, 0) is 52.4 Å². The van der Waals surface area contributed by atoms with Crippen molar-refractivity contribution in [1.82, 2.24) is 0 Å². The summed E-state index contributed by atoms with van der Waals surface area (Å²) in [5, 5.41) is 11.3. The summed E-state index contributed by atoms with van der Waals surface area (Å²) in [6.07, 6.45) is 6.97. The molecule has 2 heteroatoms. The lowest BCUT2D eigenvalue weighted by molar-refractivity contribution is -0.154. The molecule has 1 aliphatic carbocycles. The number of hydrogen-bond acceptors (Lipinski definition) is 2. The van der Waals surface area contributed by atoms with Crippen LogP contribution in [0.15, 0.2) is 0 Å². The Morgan fingerprint density at radius 2 is 1.83 bits per heavy atom. The minimum atomic E-state index is -0.648. The smallest absolute Gasteiger partial charge is 0.0986 e. The minimum Gasteiger partial charge on any atom is -0.386 e. The average molecular weight is 254 g/mol. The zero-order valence-electron chi connectivity index (χ0n) is 12.8. The molecule has 0 aromatic carbocycles. The molecule has 0 aromatic rings. The van der Waals surface area contributed by atoms with E-state index in [9.17, 15) is 5.11 Å². The van der Waals surface area contributed by atoms with Crippen LogP contribution in [0.5, 0.6) is 0 Å². The Morgan fingerprint density at radius 1 is 1.17 bits per heavy atom. The molecule has 2 nitrogen and oxygen atoms in total. The van der Waals surface area contributed by atoms with Gasteiger partial charge in [0, 0.05) is 6.42 Å². The SMILES string of the molecule is CCC1CCCC(C2(O)CC(C)(C)OC2(C)C)C1. The van der Waals surface area contributed by atoms with Gasteiger partial charge in [-0.25, -0.2) is 0 Å². The van der Waals surface area contributed by atoms with E-state index in [0.717, 1.165) is 18.8 Å². The lowest BCUT2D eigenvalue weighted by Gasteiger charge is -2.44. The van der Waals surface area contributed by atoms with Crippen molar-refractivity contribution in [2.24, 2.45) is 11.8 Å². The third-order valence-electron chi connectivity index (χ3n) is 5.30. The summed E-state index contributed by atoms with van der Waals surface area (Å²) in [5.74, 6) is 1.21. The fraction of sp³-hybridized carbons (Fsp3) is 1.00. The van der Waals surface area contributed by atoms with Crippen molar-refractivity contribution in [3.8, 4) is 0 Å². The van der Waals surface area contributed by atoms with E-state index in [0.29, 0.717) is 5.92 Å². The van der Waals surface area contributed by atoms with Crippen molar-refractivity contribution in [3.05, 3.63) is 0 Å². The Hall–Kier alpha value is -0.0800. The van der Waals surface area contributed by atoms with E-state index in [1.165, 1.54) is 25.7 Å². The maximum absolute atomic E-state index is 11.3. The first-order chi connectivity index (χ1) is 8.20. The Labute approximate surface area is 112 Å². The van der Waals surface area contributed by atoms with Crippen LogP contribution in [0.4, 0.5) is 0 Å². The van der Waals surface area contributed by atoms with Crippen molar-refractivity contribution < 1.29 is 9.84 Å². The molecule has 18 heavy (non-hydrogen) atoms. The van der Waals surface area contributed by atoms with Gasteiger partial charge in [0.25, 0.3) is 0 Å². The average Bonchev–Trinajstić information content (AvgIpc) is 2.43. The first-order valence-corrected chi connectivity index (χ1v) is 7.63. The van der Waals surface area contributed by atoms with Crippen molar-refractivity contribution >= 4 is 0 Å². The molecule has 0 radical (unpaired) electrons. The van der Waals surface area contributed by atoms with Crippen LogP contribution in [0, 0.1) is 11.8 Å². The second kappa shape index (κ2) is 4.49. The van der Waals surface area contributed by atoms with Crippen molar-refractivity contribution in [1.29, 1.82) is 0 Å². The van der Waals surface area contributed by atoms with E-state index < -0.39 is 11.2 Å². The van der Waals surface area contributed by atoms with Gasteiger partial charge in [0.15, 0.2) is 0 Å². The molecule has 1 N–H and O–H groups in total. The molecular formula is C16H30O2. The predicted octanol–water partition coefficient (Wildman–Crippen LogP) is 3.91. The third-order valence-corrected chi connectivity index (χ3v) is 5.30. The second-order valence-electron chi connectivity index (χ2n) is 7.61. The summed E-state index contributed by atoms with van der Waals surface area (Å²) in [6, 6.07) is 0. The van der Waals surface area contributed by atoms with Gasteiger partial charge in [0.1, 0.15) is 0 Å². The molecule has 0 spiro atoms. The monoisotopic (exact) mass is 254 g/mol. The number of hydrogen-bond donors (Lipinski definition) is 1. The number of rotatable bonds is 2. The fourth-order valence-corrected chi connectivity index (χ4v) is 4.41. The molecule has 1 heterocycles. The van der Waals surface area contributed by atoms with Crippen LogP contribution in [-0.2, 0) is 4.74 Å². The lowest BCUT2D eigenvalue weighted by atomic mass is 9.65. The molecule has 1 aliphatic heterocycles. The highest BCUT2D eigenvalue weighted by molar-refractivity contribution is 5.09. The summed E-state index contributed by atoms with van der Waals surface area (Å²) in [7, 11) is 0. The topological polar surface area (TPSA) is 29.5 Å².